The number of hydrogen-bond acceptors (Lipinski definition) is 6. The van der Waals surface area contributed by atoms with Crippen LogP contribution in [0, 0.1) is 6.92 Å². The summed E-state index contributed by atoms with van der Waals surface area (Å²) in [4.78, 5) is 19.3. The van der Waals surface area contributed by atoms with Crippen LogP contribution < -0.4 is 5.73 Å². The van der Waals surface area contributed by atoms with E-state index in [1.807, 2.05) is 12.3 Å². The Morgan fingerprint density at radius 1 is 1.47 bits per heavy atom. The van der Waals surface area contributed by atoms with Crippen molar-refractivity contribution in [2.24, 2.45) is 0 Å². The summed E-state index contributed by atoms with van der Waals surface area (Å²) in [6, 6.07) is 0. The number of carboxylic acid groups (broad SMARTS) is 1. The lowest BCUT2D eigenvalue weighted by molar-refractivity contribution is 0.0691. The van der Waals surface area contributed by atoms with Gasteiger partial charge in [-0.2, -0.15) is 5.10 Å². The highest BCUT2D eigenvalue weighted by atomic mass is 32.1. The molecule has 0 aliphatic rings. The van der Waals surface area contributed by atoms with Crippen molar-refractivity contribution in [3.05, 3.63) is 29.2 Å². The SMILES string of the molecule is Cc1csc2c(-n3cc(N)c(C(=O)O)n3)ncnc12. The van der Waals surface area contributed by atoms with Crippen molar-refractivity contribution in [2.45, 2.75) is 6.92 Å². The van der Waals surface area contributed by atoms with Gasteiger partial charge >= 0.3 is 5.97 Å². The van der Waals surface area contributed by atoms with Crippen molar-refractivity contribution in [1.82, 2.24) is 19.7 Å². The molecular formula is C11H9N5O2S. The molecule has 0 unspecified atom stereocenters. The summed E-state index contributed by atoms with van der Waals surface area (Å²) in [6.07, 6.45) is 2.87. The largest absolute Gasteiger partial charge is 0.476 e. The van der Waals surface area contributed by atoms with Gasteiger partial charge in [-0.15, -0.1) is 11.3 Å². The molecule has 7 nitrogen and oxygen atoms in total. The van der Waals surface area contributed by atoms with E-state index >= 15 is 0 Å². The zero-order valence-corrected chi connectivity index (χ0v) is 10.7. The lowest BCUT2D eigenvalue weighted by Gasteiger charge is -2.00. The third-order valence-corrected chi connectivity index (χ3v) is 3.76. The predicted octanol–water partition coefficient (Wildman–Crippen LogP) is 1.47. The van der Waals surface area contributed by atoms with Crippen LogP contribution >= 0.6 is 11.3 Å². The van der Waals surface area contributed by atoms with Crippen molar-refractivity contribution < 1.29 is 9.90 Å². The molecule has 0 bridgehead atoms. The lowest BCUT2D eigenvalue weighted by atomic mass is 10.3. The number of aromatic carboxylic acids is 1. The maximum absolute atomic E-state index is 10.9. The molecule has 19 heavy (non-hydrogen) atoms. The number of rotatable bonds is 2. The van der Waals surface area contributed by atoms with Gasteiger partial charge in [0.25, 0.3) is 0 Å². The molecule has 8 heteroatoms. The van der Waals surface area contributed by atoms with E-state index in [-0.39, 0.29) is 11.4 Å². The molecule has 0 radical (unpaired) electrons. The van der Waals surface area contributed by atoms with E-state index < -0.39 is 5.97 Å². The second kappa shape index (κ2) is 4.02. The average molecular weight is 275 g/mol. The van der Waals surface area contributed by atoms with Crippen LogP contribution in [-0.2, 0) is 0 Å². The second-order valence-corrected chi connectivity index (χ2v) is 4.86. The molecule has 3 aromatic heterocycles. The van der Waals surface area contributed by atoms with Gasteiger partial charge in [0.05, 0.1) is 22.1 Å². The van der Waals surface area contributed by atoms with Gasteiger partial charge in [0.2, 0.25) is 0 Å². The minimum Gasteiger partial charge on any atom is -0.476 e. The van der Waals surface area contributed by atoms with Crippen LogP contribution in [0.1, 0.15) is 16.1 Å². The van der Waals surface area contributed by atoms with Crippen molar-refractivity contribution in [3.8, 4) is 5.82 Å². The van der Waals surface area contributed by atoms with Gasteiger partial charge in [0, 0.05) is 0 Å². The summed E-state index contributed by atoms with van der Waals surface area (Å²) in [5, 5.41) is 14.9. The van der Waals surface area contributed by atoms with Crippen LogP contribution in [0.5, 0.6) is 0 Å². The molecule has 0 saturated carbocycles. The molecule has 96 valence electrons. The molecule has 0 amide bonds. The van der Waals surface area contributed by atoms with Crippen LogP contribution in [0.3, 0.4) is 0 Å². The third-order valence-electron chi connectivity index (χ3n) is 2.67. The first-order valence-corrected chi connectivity index (χ1v) is 6.23. The Hall–Kier alpha value is -2.48. The normalized spacial score (nSPS) is 11.0. The number of hydrogen-bond donors (Lipinski definition) is 2. The molecule has 3 N–H and O–H groups in total. The highest BCUT2D eigenvalue weighted by Gasteiger charge is 2.17. The number of aromatic nitrogens is 4. The standard InChI is InChI=1S/C11H9N5O2S/c1-5-3-19-9-7(5)13-4-14-10(9)16-2-6(12)8(15-16)11(17)18/h2-4H,12H2,1H3,(H,17,18). The Balaban J connectivity index is 2.24. The van der Waals surface area contributed by atoms with Crippen LogP contribution in [0.25, 0.3) is 16.0 Å². The topological polar surface area (TPSA) is 107 Å². The number of thiophene rings is 1. The Morgan fingerprint density at radius 2 is 2.26 bits per heavy atom. The summed E-state index contributed by atoms with van der Waals surface area (Å²) in [6.45, 7) is 1.95. The number of nitrogens with zero attached hydrogens (tertiary/aromatic N) is 4. The minimum atomic E-state index is -1.16. The van der Waals surface area contributed by atoms with Crippen molar-refractivity contribution >= 4 is 33.2 Å². The highest BCUT2D eigenvalue weighted by Crippen LogP contribution is 2.28. The van der Waals surface area contributed by atoms with E-state index in [1.54, 1.807) is 0 Å². The van der Waals surface area contributed by atoms with Crippen molar-refractivity contribution in [3.63, 3.8) is 0 Å². The molecular weight excluding hydrogens is 266 g/mol. The molecule has 3 aromatic rings. The molecule has 0 aliphatic carbocycles. The zero-order valence-electron chi connectivity index (χ0n) is 9.86. The molecule has 3 heterocycles. The molecule has 0 fully saturated rings. The van der Waals surface area contributed by atoms with E-state index in [9.17, 15) is 4.79 Å². The van der Waals surface area contributed by atoms with E-state index in [0.29, 0.717) is 5.82 Å². The van der Waals surface area contributed by atoms with Crippen molar-refractivity contribution in [1.29, 1.82) is 0 Å². The number of carboxylic acids is 1. The van der Waals surface area contributed by atoms with E-state index in [2.05, 4.69) is 15.1 Å². The Morgan fingerprint density at radius 3 is 2.95 bits per heavy atom. The molecule has 0 saturated heterocycles. The van der Waals surface area contributed by atoms with Gasteiger partial charge < -0.3 is 10.8 Å². The number of fused-ring (bicyclic) bond motifs is 1. The number of nitrogens with two attached hydrogens (primary N) is 1. The number of carbonyl (C=O) groups is 1. The summed E-state index contributed by atoms with van der Waals surface area (Å²) in [5.74, 6) is -0.633. The number of aryl methyl sites for hydroxylation is 1. The fourth-order valence-corrected chi connectivity index (χ4v) is 2.77. The Kier molecular flexibility index (Phi) is 2.46. The van der Waals surface area contributed by atoms with Crippen LogP contribution in [0.15, 0.2) is 17.9 Å². The van der Waals surface area contributed by atoms with E-state index in [0.717, 1.165) is 15.8 Å². The Bertz CT molecular complexity index is 792. The van der Waals surface area contributed by atoms with Crippen LogP contribution in [0.4, 0.5) is 5.69 Å². The fourth-order valence-electron chi connectivity index (χ4n) is 1.78. The van der Waals surface area contributed by atoms with Gasteiger partial charge in [-0.05, 0) is 17.9 Å². The third kappa shape index (κ3) is 1.73. The number of nitrogen functional groups attached to an aromatic ring is 1. The summed E-state index contributed by atoms with van der Waals surface area (Å²) in [5.41, 5.74) is 7.43. The first-order chi connectivity index (χ1) is 9.08. The average Bonchev–Trinajstić information content (AvgIpc) is 2.94. The first-order valence-electron chi connectivity index (χ1n) is 5.35. The first kappa shape index (κ1) is 11.6. The van der Waals surface area contributed by atoms with Gasteiger partial charge in [0.1, 0.15) is 6.33 Å². The van der Waals surface area contributed by atoms with Crippen LogP contribution in [0.2, 0.25) is 0 Å². The summed E-state index contributed by atoms with van der Waals surface area (Å²) < 4.78 is 2.22. The molecule has 0 spiro atoms. The molecule has 0 aliphatic heterocycles. The van der Waals surface area contributed by atoms with Crippen molar-refractivity contribution in [2.75, 3.05) is 5.73 Å². The monoisotopic (exact) mass is 275 g/mol. The quantitative estimate of drug-likeness (QED) is 0.733. The highest BCUT2D eigenvalue weighted by molar-refractivity contribution is 7.17. The van der Waals surface area contributed by atoms with Crippen LogP contribution in [-0.4, -0.2) is 30.8 Å². The lowest BCUT2D eigenvalue weighted by Crippen LogP contribution is -2.03. The zero-order chi connectivity index (χ0) is 13.6. The fraction of sp³-hybridized carbons (Fsp3) is 0.0909. The minimum absolute atomic E-state index is 0.104. The maximum Gasteiger partial charge on any atom is 0.358 e. The summed E-state index contributed by atoms with van der Waals surface area (Å²) in [7, 11) is 0. The second-order valence-electron chi connectivity index (χ2n) is 3.98. The Labute approximate surface area is 111 Å². The molecule has 0 aromatic carbocycles. The molecule has 0 atom stereocenters. The number of anilines is 1. The molecule has 3 rings (SSSR count). The maximum atomic E-state index is 10.9. The summed E-state index contributed by atoms with van der Waals surface area (Å²) >= 11 is 1.48. The van der Waals surface area contributed by atoms with E-state index in [4.69, 9.17) is 10.8 Å². The van der Waals surface area contributed by atoms with E-state index in [1.165, 1.54) is 28.5 Å². The van der Waals surface area contributed by atoms with Gasteiger partial charge in [0.15, 0.2) is 11.5 Å². The smallest absolute Gasteiger partial charge is 0.358 e. The van der Waals surface area contributed by atoms with Gasteiger partial charge in [-0.1, -0.05) is 0 Å². The van der Waals surface area contributed by atoms with Gasteiger partial charge in [-0.25, -0.2) is 19.4 Å². The van der Waals surface area contributed by atoms with Gasteiger partial charge in [-0.3, -0.25) is 0 Å². The predicted molar refractivity (Wildman–Crippen MR) is 70.6 cm³/mol.